The molecular formula is C16H27N3O2. The minimum absolute atomic E-state index is 0.0954. The molecule has 1 atom stereocenters. The molecule has 0 spiro atoms. The molecule has 5 heteroatoms. The van der Waals surface area contributed by atoms with E-state index in [0.29, 0.717) is 18.0 Å². The van der Waals surface area contributed by atoms with Gasteiger partial charge in [-0.05, 0) is 45.3 Å². The maximum absolute atomic E-state index is 12.6. The highest BCUT2D eigenvalue weighted by atomic mass is 16.3. The third kappa shape index (κ3) is 4.08. The van der Waals surface area contributed by atoms with Crippen molar-refractivity contribution >= 4 is 5.91 Å². The van der Waals surface area contributed by atoms with Crippen LogP contribution in [0.3, 0.4) is 0 Å². The van der Waals surface area contributed by atoms with Gasteiger partial charge >= 0.3 is 0 Å². The van der Waals surface area contributed by atoms with Crippen molar-refractivity contribution in [1.29, 1.82) is 0 Å². The van der Waals surface area contributed by atoms with Crippen molar-refractivity contribution in [2.24, 2.45) is 11.7 Å². The lowest BCUT2D eigenvalue weighted by atomic mass is 10.1. The Bertz CT molecular complexity index is 484. The Balaban J connectivity index is 1.96. The van der Waals surface area contributed by atoms with Gasteiger partial charge in [-0.2, -0.15) is 0 Å². The van der Waals surface area contributed by atoms with Gasteiger partial charge in [0.1, 0.15) is 11.5 Å². The van der Waals surface area contributed by atoms with Crippen LogP contribution in [0.25, 0.3) is 0 Å². The van der Waals surface area contributed by atoms with E-state index in [1.807, 2.05) is 24.8 Å². The number of hydrogen-bond donors (Lipinski definition) is 1. The predicted octanol–water partition coefficient (Wildman–Crippen LogP) is 1.64. The molecule has 1 aromatic rings. The first-order valence-electron chi connectivity index (χ1n) is 7.80. The van der Waals surface area contributed by atoms with Gasteiger partial charge in [0.05, 0.1) is 5.56 Å². The molecule has 2 heterocycles. The van der Waals surface area contributed by atoms with Crippen LogP contribution >= 0.6 is 0 Å². The first-order chi connectivity index (χ1) is 10.0. The van der Waals surface area contributed by atoms with Gasteiger partial charge in [-0.3, -0.25) is 4.79 Å². The molecular weight excluding hydrogens is 266 g/mol. The van der Waals surface area contributed by atoms with Crippen LogP contribution in [0.1, 0.15) is 35.2 Å². The van der Waals surface area contributed by atoms with E-state index >= 15 is 0 Å². The van der Waals surface area contributed by atoms with E-state index in [9.17, 15) is 4.79 Å². The fourth-order valence-corrected chi connectivity index (χ4v) is 2.89. The lowest BCUT2D eigenvalue weighted by Gasteiger charge is -2.24. The highest BCUT2D eigenvalue weighted by Gasteiger charge is 2.23. The van der Waals surface area contributed by atoms with Gasteiger partial charge in [0.15, 0.2) is 0 Å². The van der Waals surface area contributed by atoms with Gasteiger partial charge in [-0.15, -0.1) is 0 Å². The van der Waals surface area contributed by atoms with Crippen molar-refractivity contribution in [3.05, 3.63) is 23.2 Å². The second-order valence-electron chi connectivity index (χ2n) is 6.11. The van der Waals surface area contributed by atoms with Crippen molar-refractivity contribution in [3.63, 3.8) is 0 Å². The Morgan fingerprint density at radius 3 is 2.71 bits per heavy atom. The smallest absolute Gasteiger partial charge is 0.257 e. The second-order valence-corrected chi connectivity index (χ2v) is 6.11. The van der Waals surface area contributed by atoms with E-state index in [-0.39, 0.29) is 5.91 Å². The molecule has 0 aromatic carbocycles. The molecule has 0 aliphatic carbocycles. The summed E-state index contributed by atoms with van der Waals surface area (Å²) in [6.45, 7) is 11.2. The highest BCUT2D eigenvalue weighted by molar-refractivity contribution is 5.95. The summed E-state index contributed by atoms with van der Waals surface area (Å²) >= 11 is 0. The first-order valence-corrected chi connectivity index (χ1v) is 7.80. The average molecular weight is 293 g/mol. The van der Waals surface area contributed by atoms with E-state index in [1.54, 1.807) is 0 Å². The van der Waals surface area contributed by atoms with E-state index in [1.165, 1.54) is 0 Å². The fraction of sp³-hybridized carbons (Fsp3) is 0.688. The van der Waals surface area contributed by atoms with Gasteiger partial charge in [0.25, 0.3) is 5.91 Å². The molecule has 0 saturated carbocycles. The molecule has 2 rings (SSSR count). The number of carbonyl (C=O) groups is 1. The van der Waals surface area contributed by atoms with Crippen molar-refractivity contribution in [2.75, 3.05) is 39.3 Å². The van der Waals surface area contributed by atoms with Crippen molar-refractivity contribution < 1.29 is 9.21 Å². The Hall–Kier alpha value is -1.33. The summed E-state index contributed by atoms with van der Waals surface area (Å²) in [5.74, 6) is 2.11. The Morgan fingerprint density at radius 1 is 1.33 bits per heavy atom. The molecule has 2 N–H and O–H groups in total. The number of carbonyl (C=O) groups excluding carboxylic acids is 1. The summed E-state index contributed by atoms with van der Waals surface area (Å²) < 4.78 is 5.47. The van der Waals surface area contributed by atoms with E-state index in [4.69, 9.17) is 10.2 Å². The lowest BCUT2D eigenvalue weighted by Crippen LogP contribution is -2.37. The molecule has 1 aromatic heterocycles. The zero-order chi connectivity index (χ0) is 15.4. The largest absolute Gasteiger partial charge is 0.466 e. The quantitative estimate of drug-likeness (QED) is 0.916. The summed E-state index contributed by atoms with van der Waals surface area (Å²) in [7, 11) is 0. The van der Waals surface area contributed by atoms with Crippen LogP contribution in [0, 0.1) is 19.8 Å². The van der Waals surface area contributed by atoms with Crippen LogP contribution in [0.5, 0.6) is 0 Å². The molecule has 1 aliphatic rings. The van der Waals surface area contributed by atoms with E-state index in [0.717, 1.165) is 50.7 Å². The molecule has 5 nitrogen and oxygen atoms in total. The normalized spacial score (nSPS) is 18.6. The van der Waals surface area contributed by atoms with Crippen LogP contribution in [-0.4, -0.2) is 55.0 Å². The number of aryl methyl sites for hydroxylation is 2. The maximum Gasteiger partial charge on any atom is 0.257 e. The summed E-state index contributed by atoms with van der Waals surface area (Å²) in [5.41, 5.74) is 6.40. The molecule has 118 valence electrons. The molecule has 0 radical (unpaired) electrons. The number of amides is 1. The van der Waals surface area contributed by atoms with Crippen molar-refractivity contribution in [1.82, 2.24) is 9.80 Å². The van der Waals surface area contributed by atoms with Crippen LogP contribution < -0.4 is 5.73 Å². The summed E-state index contributed by atoms with van der Waals surface area (Å²) in [4.78, 5) is 17.0. The van der Waals surface area contributed by atoms with E-state index in [2.05, 4.69) is 11.8 Å². The average Bonchev–Trinajstić information content (AvgIpc) is 2.65. The fourth-order valence-electron chi connectivity index (χ4n) is 2.89. The number of rotatable bonds is 4. The predicted molar refractivity (Wildman–Crippen MR) is 83.4 cm³/mol. The Labute approximate surface area is 127 Å². The van der Waals surface area contributed by atoms with Gasteiger partial charge in [-0.1, -0.05) is 6.92 Å². The second kappa shape index (κ2) is 7.09. The molecule has 1 unspecified atom stereocenters. The summed E-state index contributed by atoms with van der Waals surface area (Å²) in [5, 5.41) is 0. The molecule has 1 amide bonds. The minimum Gasteiger partial charge on any atom is -0.466 e. The van der Waals surface area contributed by atoms with Gasteiger partial charge in [0, 0.05) is 26.2 Å². The third-order valence-corrected chi connectivity index (χ3v) is 4.12. The highest BCUT2D eigenvalue weighted by Crippen LogP contribution is 2.17. The zero-order valence-corrected chi connectivity index (χ0v) is 13.4. The number of nitrogens with zero attached hydrogens (tertiary/aromatic N) is 2. The molecule has 1 saturated heterocycles. The Kier molecular flexibility index (Phi) is 5.42. The van der Waals surface area contributed by atoms with Crippen LogP contribution in [0.15, 0.2) is 10.5 Å². The monoisotopic (exact) mass is 293 g/mol. The third-order valence-electron chi connectivity index (χ3n) is 4.12. The number of hydrogen-bond acceptors (Lipinski definition) is 4. The Morgan fingerprint density at radius 2 is 2.10 bits per heavy atom. The van der Waals surface area contributed by atoms with Gasteiger partial charge in [-0.25, -0.2) is 0 Å². The summed E-state index contributed by atoms with van der Waals surface area (Å²) in [6.07, 6.45) is 1.01. The lowest BCUT2D eigenvalue weighted by molar-refractivity contribution is 0.0759. The SMILES string of the molecule is Cc1cc(C(=O)N2CCCN(CC(C)CN)CC2)c(C)o1. The van der Waals surface area contributed by atoms with Gasteiger partial charge in [0.2, 0.25) is 0 Å². The standard InChI is InChI=1S/C16H27N3O2/c1-12(10-17)11-18-5-4-6-19(8-7-18)16(20)15-9-13(2)21-14(15)3/h9,12H,4-8,10-11,17H2,1-3H3. The zero-order valence-electron chi connectivity index (χ0n) is 13.4. The maximum atomic E-state index is 12.6. The topological polar surface area (TPSA) is 62.7 Å². The molecule has 1 fully saturated rings. The molecule has 0 bridgehead atoms. The van der Waals surface area contributed by atoms with Gasteiger partial charge < -0.3 is 20.0 Å². The molecule has 21 heavy (non-hydrogen) atoms. The minimum atomic E-state index is 0.0954. The van der Waals surface area contributed by atoms with Crippen LogP contribution in [0.2, 0.25) is 0 Å². The van der Waals surface area contributed by atoms with Crippen molar-refractivity contribution in [2.45, 2.75) is 27.2 Å². The number of nitrogens with two attached hydrogens (primary N) is 1. The van der Waals surface area contributed by atoms with Crippen molar-refractivity contribution in [3.8, 4) is 0 Å². The number of furan rings is 1. The first kappa shape index (κ1) is 16.0. The summed E-state index contributed by atoms with van der Waals surface area (Å²) in [6, 6.07) is 1.84. The van der Waals surface area contributed by atoms with E-state index < -0.39 is 0 Å². The van der Waals surface area contributed by atoms with Crippen LogP contribution in [-0.2, 0) is 0 Å². The molecule has 1 aliphatic heterocycles. The van der Waals surface area contributed by atoms with Crippen LogP contribution in [0.4, 0.5) is 0 Å².